The van der Waals surface area contributed by atoms with Crippen LogP contribution in [0.2, 0.25) is 0 Å². The summed E-state index contributed by atoms with van der Waals surface area (Å²) in [7, 11) is 0. The van der Waals surface area contributed by atoms with E-state index >= 15 is 0 Å². The predicted octanol–water partition coefficient (Wildman–Crippen LogP) is 8.87. The minimum atomic E-state index is -0.906. The fourth-order valence-electron chi connectivity index (χ4n) is 10.1. The van der Waals surface area contributed by atoms with Crippen molar-refractivity contribution in [3.63, 3.8) is 0 Å². The van der Waals surface area contributed by atoms with E-state index in [4.69, 9.17) is 17.7 Å². The second kappa shape index (κ2) is 28.3. The Kier molecular flexibility index (Phi) is 18.9. The highest BCUT2D eigenvalue weighted by atomic mass is 16.4. The topological polar surface area (TPSA) is 279 Å². The van der Waals surface area contributed by atoms with Gasteiger partial charge in [-0.2, -0.15) is 0 Å². The molecule has 2 aromatic carbocycles. The van der Waals surface area contributed by atoms with E-state index in [-0.39, 0.29) is 59.2 Å². The molecule has 0 spiro atoms. The van der Waals surface area contributed by atoms with E-state index in [1.165, 1.54) is 25.1 Å². The second-order valence-electron chi connectivity index (χ2n) is 20.8. The van der Waals surface area contributed by atoms with Gasteiger partial charge in [-0.1, -0.05) is 84.9 Å². The van der Waals surface area contributed by atoms with Crippen LogP contribution >= 0.6 is 0 Å². The molecular formula is C64H62N14O8. The zero-order valence-electron chi connectivity index (χ0n) is 46.9. The van der Waals surface area contributed by atoms with Crippen molar-refractivity contribution in [3.8, 4) is 0 Å². The van der Waals surface area contributed by atoms with Crippen molar-refractivity contribution in [2.24, 2.45) is 0 Å². The summed E-state index contributed by atoms with van der Waals surface area (Å²) < 4.78 is 24.2. The lowest BCUT2D eigenvalue weighted by atomic mass is 10.1. The molecule has 1 aliphatic heterocycles. The van der Waals surface area contributed by atoms with Gasteiger partial charge in [-0.3, -0.25) is 48.9 Å². The Hall–Kier alpha value is -10.3. The number of aromatic nitrogens is 8. The Labute approximate surface area is 495 Å². The molecule has 4 N–H and O–H groups in total. The van der Waals surface area contributed by atoms with Gasteiger partial charge in [0.05, 0.1) is 22.8 Å². The molecular weight excluding hydrogens is 1090 g/mol. The van der Waals surface area contributed by atoms with E-state index in [9.17, 15) is 19.2 Å². The highest BCUT2D eigenvalue weighted by molar-refractivity contribution is 5.94. The third-order valence-electron chi connectivity index (χ3n) is 14.4. The lowest BCUT2D eigenvalue weighted by Crippen LogP contribution is -2.33. The molecule has 0 radical (unpaired) electrons. The minimum Gasteiger partial charge on any atom is -0.446 e. The molecule has 22 heteroatoms. The number of amides is 4. The van der Waals surface area contributed by atoms with Gasteiger partial charge in [0.1, 0.15) is 49.2 Å². The van der Waals surface area contributed by atoms with Crippen LogP contribution in [-0.4, -0.2) is 86.4 Å². The molecule has 86 heavy (non-hydrogen) atoms. The van der Waals surface area contributed by atoms with E-state index in [1.807, 2.05) is 133 Å². The molecule has 11 rings (SSSR count). The molecule has 1 aliphatic rings. The lowest BCUT2D eigenvalue weighted by molar-refractivity contribution is 0.0912. The van der Waals surface area contributed by atoms with Gasteiger partial charge in [-0.15, -0.1) is 0 Å². The van der Waals surface area contributed by atoms with Crippen molar-refractivity contribution in [3.05, 3.63) is 264 Å². The molecule has 0 saturated heterocycles. The number of hydrogen-bond donors (Lipinski definition) is 4. The average molecular weight is 1160 g/mol. The summed E-state index contributed by atoms with van der Waals surface area (Å²) >= 11 is 0. The number of rotatable bonds is 20. The van der Waals surface area contributed by atoms with Crippen LogP contribution in [0.5, 0.6) is 0 Å². The summed E-state index contributed by atoms with van der Waals surface area (Å²) in [6, 6.07) is 38.3. The van der Waals surface area contributed by atoms with E-state index in [0.717, 1.165) is 33.9 Å². The van der Waals surface area contributed by atoms with Gasteiger partial charge >= 0.3 is 0 Å². The molecule has 4 atom stereocenters. The van der Waals surface area contributed by atoms with Crippen LogP contribution in [0.4, 0.5) is 0 Å². The Morgan fingerprint density at radius 3 is 0.919 bits per heavy atom. The molecule has 10 aromatic rings. The number of nitrogens with zero attached hydrogens (tertiary/aromatic N) is 10. The standard InChI is InChI=1S/C64H62N14O8/c79-57-53-41-85-63(75-53)51(33-43-17-3-1-4-18-43)71-59(81)55-39-83-61(73-55)49(25-15-31-77(35-45-21-7-11-27-65-45)36-46-22-8-12-28-66-46)70-58(80)54-42-86-64(76-54)52(34-44-19-5-2-6-20-44)72-60(82)56-40-84-62(74-56)50(69-57)26-16-32-78(37-47-23-9-13-29-67-47)38-48-24-10-14-30-68-48/h1-14,17-24,27-30,39-42,49-52H,15-16,25-26,31-38H2,(H,69,79)(H,70,80)(H,71,81)(H,72,82)/t49-,50-,51-,52-/m0/s1. The van der Waals surface area contributed by atoms with E-state index in [0.29, 0.717) is 65.0 Å². The fraction of sp³-hybridized carbons (Fsp3) is 0.250. The quantitative estimate of drug-likeness (QED) is 0.0554. The van der Waals surface area contributed by atoms with Crippen molar-refractivity contribution in [2.45, 2.75) is 88.9 Å². The number of carbonyl (C=O) groups is 4. The summed E-state index contributed by atoms with van der Waals surface area (Å²) in [5.41, 5.74) is 4.83. The van der Waals surface area contributed by atoms with Gasteiger partial charge in [-0.25, -0.2) is 19.9 Å². The van der Waals surface area contributed by atoms with Crippen LogP contribution in [-0.2, 0) is 39.0 Å². The number of oxazole rings is 4. The van der Waals surface area contributed by atoms with Gasteiger partial charge in [0, 0.05) is 63.8 Å². The predicted molar refractivity (Wildman–Crippen MR) is 311 cm³/mol. The third-order valence-corrected chi connectivity index (χ3v) is 14.4. The first-order chi connectivity index (χ1) is 42.2. The first kappa shape index (κ1) is 57.5. The monoisotopic (exact) mass is 1150 g/mol. The Bertz CT molecular complexity index is 3440. The summed E-state index contributed by atoms with van der Waals surface area (Å²) in [5, 5.41) is 12.1. The maximum Gasteiger partial charge on any atom is 0.273 e. The zero-order chi connectivity index (χ0) is 58.9. The number of hydrogen-bond acceptors (Lipinski definition) is 18. The molecule has 0 saturated carbocycles. The Morgan fingerprint density at radius 2 is 0.628 bits per heavy atom. The van der Waals surface area contributed by atoms with Crippen LogP contribution in [0, 0.1) is 0 Å². The van der Waals surface area contributed by atoms with Crippen LogP contribution in [0.25, 0.3) is 0 Å². The molecule has 8 bridgehead atoms. The number of fused-ring (bicyclic) bond motifs is 8. The molecule has 0 fully saturated rings. The lowest BCUT2D eigenvalue weighted by Gasteiger charge is -2.23. The molecule has 4 amide bonds. The van der Waals surface area contributed by atoms with Crippen molar-refractivity contribution in [1.29, 1.82) is 0 Å². The fourth-order valence-corrected chi connectivity index (χ4v) is 10.1. The zero-order valence-corrected chi connectivity index (χ0v) is 46.9. The maximum atomic E-state index is 14.5. The Morgan fingerprint density at radius 1 is 0.349 bits per heavy atom. The summed E-state index contributed by atoms with van der Waals surface area (Å²) in [6.07, 6.45) is 14.0. The van der Waals surface area contributed by atoms with Crippen LogP contribution < -0.4 is 21.3 Å². The smallest absolute Gasteiger partial charge is 0.273 e. The molecule has 0 aliphatic carbocycles. The molecule has 9 heterocycles. The van der Waals surface area contributed by atoms with Crippen molar-refractivity contribution >= 4 is 23.6 Å². The number of nitrogens with one attached hydrogen (secondary N) is 4. The summed E-state index contributed by atoms with van der Waals surface area (Å²) in [6.45, 7) is 3.21. The Balaban J connectivity index is 0.902. The molecule has 0 unspecified atom stereocenters. The molecule has 22 nitrogen and oxygen atoms in total. The molecule has 436 valence electrons. The second-order valence-corrected chi connectivity index (χ2v) is 20.8. The largest absolute Gasteiger partial charge is 0.446 e. The van der Waals surface area contributed by atoms with E-state index < -0.39 is 47.8 Å². The van der Waals surface area contributed by atoms with Gasteiger partial charge < -0.3 is 38.9 Å². The third kappa shape index (κ3) is 15.7. The summed E-state index contributed by atoms with van der Waals surface area (Å²) in [5.74, 6) is -2.31. The van der Waals surface area contributed by atoms with E-state index in [2.05, 4.69) is 70.9 Å². The minimum absolute atomic E-state index is 0.0416. The first-order valence-electron chi connectivity index (χ1n) is 28.4. The maximum absolute atomic E-state index is 14.5. The molecule has 8 aromatic heterocycles. The SMILES string of the molecule is O=C1N[C@@H](Cc2ccccc2)c2nc(co2)C(=O)N[C@@H](CCCN(Cc2ccccn2)Cc2ccccn2)c2nc(co2)C(=O)N[C@@H](Cc2ccccc2)c2nc(co2)C(=O)N[C@@H](CCCN(Cc2ccccn2)Cc2ccccn2)c2nc1co2. The van der Waals surface area contributed by atoms with Crippen molar-refractivity contribution in [1.82, 2.24) is 70.9 Å². The van der Waals surface area contributed by atoms with Gasteiger partial charge in [0.2, 0.25) is 23.6 Å². The number of benzene rings is 2. The highest BCUT2D eigenvalue weighted by Crippen LogP contribution is 2.27. The first-order valence-corrected chi connectivity index (χ1v) is 28.4. The number of carbonyl (C=O) groups excluding carboxylic acids is 4. The van der Waals surface area contributed by atoms with Gasteiger partial charge in [-0.05, 0) is 98.4 Å². The van der Waals surface area contributed by atoms with Gasteiger partial charge in [0.15, 0.2) is 22.8 Å². The normalized spacial score (nSPS) is 16.7. The van der Waals surface area contributed by atoms with Crippen molar-refractivity contribution in [2.75, 3.05) is 13.1 Å². The average Bonchev–Trinajstić information content (AvgIpc) is 4.59. The number of pyridine rings is 4. The van der Waals surface area contributed by atoms with Crippen molar-refractivity contribution < 1.29 is 36.8 Å². The highest BCUT2D eigenvalue weighted by Gasteiger charge is 2.31. The van der Waals surface area contributed by atoms with Crippen LogP contribution in [0.1, 0.15) is 149 Å². The van der Waals surface area contributed by atoms with E-state index in [1.54, 1.807) is 24.8 Å². The van der Waals surface area contributed by atoms with Gasteiger partial charge in [0.25, 0.3) is 23.6 Å². The van der Waals surface area contributed by atoms with Crippen LogP contribution in [0.15, 0.2) is 201 Å². The summed E-state index contributed by atoms with van der Waals surface area (Å²) in [4.78, 5) is 99.0. The van der Waals surface area contributed by atoms with Crippen LogP contribution in [0.3, 0.4) is 0 Å².